The number of nitrogens with zero attached hydrogens (tertiary/aromatic N) is 4. The van der Waals surface area contributed by atoms with Crippen molar-refractivity contribution in [1.82, 2.24) is 24.4 Å². The first-order chi connectivity index (χ1) is 14.9. The van der Waals surface area contributed by atoms with Crippen molar-refractivity contribution in [3.05, 3.63) is 33.8 Å². The Morgan fingerprint density at radius 3 is 2.68 bits per heavy atom. The number of carbonyl (C=O) groups is 2. The number of hydrogen-bond donors (Lipinski definition) is 2. The molecular weight excluding hydrogens is 402 g/mol. The first-order valence-electron chi connectivity index (χ1n) is 10.6. The smallest absolute Gasteiger partial charge is 0.270 e. The maximum atomic E-state index is 13.2. The highest BCUT2D eigenvalue weighted by Crippen LogP contribution is 2.23. The molecule has 0 spiro atoms. The quantitative estimate of drug-likeness (QED) is 0.650. The van der Waals surface area contributed by atoms with Gasteiger partial charge < -0.3 is 20.1 Å². The highest BCUT2D eigenvalue weighted by Gasteiger charge is 2.29. The summed E-state index contributed by atoms with van der Waals surface area (Å²) in [4.78, 5) is 40.0. The van der Waals surface area contributed by atoms with E-state index in [1.807, 2.05) is 13.8 Å². The van der Waals surface area contributed by atoms with E-state index in [-0.39, 0.29) is 23.4 Å². The fraction of sp³-hybridized carbons (Fsp3) is 0.524. The van der Waals surface area contributed by atoms with Crippen molar-refractivity contribution >= 4 is 23.5 Å². The molecule has 4 rings (SSSR count). The molecule has 0 radical (unpaired) electrons. The lowest BCUT2D eigenvalue weighted by Crippen LogP contribution is -2.39. The molecule has 10 nitrogen and oxygen atoms in total. The van der Waals surface area contributed by atoms with Crippen LogP contribution in [0.4, 0.5) is 0 Å². The highest BCUT2D eigenvalue weighted by atomic mass is 16.5. The minimum atomic E-state index is -0.598. The van der Waals surface area contributed by atoms with Gasteiger partial charge >= 0.3 is 0 Å². The number of nitrogens with one attached hydrogen (secondary N) is 1. The predicted molar refractivity (Wildman–Crippen MR) is 113 cm³/mol. The fourth-order valence-corrected chi connectivity index (χ4v) is 3.60. The van der Waals surface area contributed by atoms with Gasteiger partial charge in [0.2, 0.25) is 11.8 Å². The second kappa shape index (κ2) is 8.54. The van der Waals surface area contributed by atoms with E-state index in [1.165, 1.54) is 21.4 Å². The Morgan fingerprint density at radius 1 is 1.32 bits per heavy atom. The minimum Gasteiger partial charge on any atom is -0.492 e. The number of rotatable bonds is 6. The lowest BCUT2D eigenvalue weighted by molar-refractivity contribution is -0.129. The van der Waals surface area contributed by atoms with E-state index in [0.29, 0.717) is 44.1 Å². The Labute approximate surface area is 179 Å². The predicted octanol–water partition coefficient (Wildman–Crippen LogP) is 0.622. The number of carbonyl (C=O) groups excluding carboxylic acids is 2. The summed E-state index contributed by atoms with van der Waals surface area (Å²) in [7, 11) is 0. The molecule has 2 fully saturated rings. The first kappa shape index (κ1) is 21.1. The molecule has 166 valence electrons. The first-order valence-corrected chi connectivity index (χ1v) is 10.6. The number of amides is 2. The van der Waals surface area contributed by atoms with Crippen molar-refractivity contribution in [1.29, 1.82) is 0 Å². The van der Waals surface area contributed by atoms with Gasteiger partial charge in [-0.3, -0.25) is 19.0 Å². The Kier molecular flexibility index (Phi) is 5.81. The summed E-state index contributed by atoms with van der Waals surface area (Å²) in [5.74, 6) is -1.16. The maximum Gasteiger partial charge on any atom is 0.270 e. The van der Waals surface area contributed by atoms with Crippen LogP contribution in [0.5, 0.6) is 5.88 Å². The monoisotopic (exact) mass is 429 g/mol. The van der Waals surface area contributed by atoms with Gasteiger partial charge in [-0.25, -0.2) is 0 Å². The summed E-state index contributed by atoms with van der Waals surface area (Å²) < 4.78 is 7.89. The number of ether oxygens (including phenoxy) is 1. The molecule has 31 heavy (non-hydrogen) atoms. The molecule has 2 aromatic heterocycles. The van der Waals surface area contributed by atoms with Crippen LogP contribution in [0.25, 0.3) is 11.7 Å². The molecule has 0 aromatic carbocycles. The van der Waals surface area contributed by atoms with Crippen molar-refractivity contribution in [3.8, 4) is 5.88 Å². The van der Waals surface area contributed by atoms with Crippen LogP contribution in [0.3, 0.4) is 0 Å². The van der Waals surface area contributed by atoms with Crippen molar-refractivity contribution in [3.63, 3.8) is 0 Å². The van der Waals surface area contributed by atoms with E-state index in [1.54, 1.807) is 11.0 Å². The molecule has 1 aliphatic heterocycles. The van der Waals surface area contributed by atoms with Crippen LogP contribution in [-0.2, 0) is 16.1 Å². The second-order valence-corrected chi connectivity index (χ2v) is 8.36. The summed E-state index contributed by atoms with van der Waals surface area (Å²) in [6.45, 7) is 6.29. The SMILES string of the molecule is CC(C)Cn1c(=O)c(C(=O)NC2CC2)c(O)n2ncc(C=CC(=O)N3CCOCC3)c12. The van der Waals surface area contributed by atoms with Gasteiger partial charge in [-0.1, -0.05) is 13.8 Å². The van der Waals surface area contributed by atoms with Crippen LogP contribution >= 0.6 is 0 Å². The normalized spacial score (nSPS) is 17.1. The van der Waals surface area contributed by atoms with Crippen molar-refractivity contribution < 1.29 is 19.4 Å². The van der Waals surface area contributed by atoms with Crippen LogP contribution in [0.2, 0.25) is 0 Å². The Bertz CT molecular complexity index is 1090. The lowest BCUT2D eigenvalue weighted by Gasteiger charge is -2.25. The van der Waals surface area contributed by atoms with Crippen molar-refractivity contribution in [2.45, 2.75) is 39.3 Å². The summed E-state index contributed by atoms with van der Waals surface area (Å²) in [6, 6.07) is 0.0443. The molecule has 3 heterocycles. The number of aromatic hydroxyl groups is 1. The van der Waals surface area contributed by atoms with Crippen LogP contribution in [-0.4, -0.2) is 68.3 Å². The van der Waals surface area contributed by atoms with Gasteiger partial charge in [-0.2, -0.15) is 9.61 Å². The van der Waals surface area contributed by atoms with Gasteiger partial charge in [0.15, 0.2) is 5.56 Å². The highest BCUT2D eigenvalue weighted by molar-refractivity contribution is 5.97. The van der Waals surface area contributed by atoms with Gasteiger partial charge in [0.05, 0.1) is 19.4 Å². The summed E-state index contributed by atoms with van der Waals surface area (Å²) in [5.41, 5.74) is -0.0522. The van der Waals surface area contributed by atoms with E-state index in [9.17, 15) is 19.5 Å². The average Bonchev–Trinajstić information content (AvgIpc) is 3.45. The van der Waals surface area contributed by atoms with Crippen LogP contribution in [0, 0.1) is 5.92 Å². The molecule has 2 amide bonds. The molecular formula is C21H27N5O5. The molecule has 2 N–H and O–H groups in total. The van der Waals surface area contributed by atoms with Crippen LogP contribution < -0.4 is 10.9 Å². The molecule has 0 atom stereocenters. The Hall–Kier alpha value is -3.14. The number of hydrogen-bond acceptors (Lipinski definition) is 6. The number of morpholine rings is 1. The van der Waals surface area contributed by atoms with Gasteiger partial charge in [0.25, 0.3) is 11.5 Å². The van der Waals surface area contributed by atoms with Crippen LogP contribution in [0.1, 0.15) is 42.6 Å². The van der Waals surface area contributed by atoms with Crippen LogP contribution in [0.15, 0.2) is 17.1 Å². The third kappa shape index (κ3) is 4.34. The van der Waals surface area contributed by atoms with Crippen molar-refractivity contribution in [2.75, 3.05) is 26.3 Å². The van der Waals surface area contributed by atoms with E-state index in [0.717, 1.165) is 12.8 Å². The Morgan fingerprint density at radius 2 is 2.03 bits per heavy atom. The summed E-state index contributed by atoms with van der Waals surface area (Å²) in [6.07, 6.45) is 6.21. The second-order valence-electron chi connectivity index (χ2n) is 8.36. The maximum absolute atomic E-state index is 13.2. The van der Waals surface area contributed by atoms with Gasteiger partial charge in [0.1, 0.15) is 5.65 Å². The van der Waals surface area contributed by atoms with E-state index in [2.05, 4.69) is 10.4 Å². The lowest BCUT2D eigenvalue weighted by atomic mass is 10.2. The van der Waals surface area contributed by atoms with E-state index in [4.69, 9.17) is 4.74 Å². The average molecular weight is 429 g/mol. The molecule has 1 saturated heterocycles. The summed E-state index contributed by atoms with van der Waals surface area (Å²) in [5, 5.41) is 17.6. The number of fused-ring (bicyclic) bond motifs is 1. The van der Waals surface area contributed by atoms with Crippen molar-refractivity contribution in [2.24, 2.45) is 5.92 Å². The fourth-order valence-electron chi connectivity index (χ4n) is 3.60. The topological polar surface area (TPSA) is 118 Å². The van der Waals surface area contributed by atoms with Gasteiger partial charge in [0, 0.05) is 37.3 Å². The molecule has 0 bridgehead atoms. The molecule has 1 saturated carbocycles. The molecule has 1 aliphatic carbocycles. The largest absolute Gasteiger partial charge is 0.492 e. The van der Waals surface area contributed by atoms with Gasteiger partial charge in [-0.05, 0) is 24.8 Å². The third-order valence-electron chi connectivity index (χ3n) is 5.33. The molecule has 2 aliphatic rings. The summed E-state index contributed by atoms with van der Waals surface area (Å²) >= 11 is 0. The molecule has 10 heteroatoms. The minimum absolute atomic E-state index is 0.0443. The Balaban J connectivity index is 1.75. The molecule has 0 unspecified atom stereocenters. The zero-order chi connectivity index (χ0) is 22.1. The number of aromatic nitrogens is 3. The molecule has 2 aromatic rings. The standard InChI is InChI=1S/C21H27N5O5/c1-13(2)12-25-19-14(3-6-16(27)24-7-9-31-10-8-24)11-22-26(19)21(30)17(20(25)29)18(28)23-15-4-5-15/h3,6,11,13,15,30H,4-5,7-10,12H2,1-2H3,(H,23,28). The zero-order valence-electron chi connectivity index (χ0n) is 17.7. The zero-order valence-corrected chi connectivity index (χ0v) is 17.7. The van der Waals surface area contributed by atoms with E-state index >= 15 is 0 Å². The van der Waals surface area contributed by atoms with Gasteiger partial charge in [-0.15, -0.1) is 0 Å². The third-order valence-corrected chi connectivity index (χ3v) is 5.33. The van der Waals surface area contributed by atoms with E-state index < -0.39 is 17.3 Å².